The molecule has 0 bridgehead atoms. The maximum Gasteiger partial charge on any atom is 0.323 e. The molecule has 5 rings (SSSR count). The predicted molar refractivity (Wildman–Crippen MR) is 160 cm³/mol. The third-order valence-corrected chi connectivity index (χ3v) is 7.82. The van der Waals surface area contributed by atoms with E-state index in [-0.39, 0.29) is 11.6 Å². The molecule has 42 heavy (non-hydrogen) atoms. The number of ether oxygens (including phenoxy) is 1. The van der Waals surface area contributed by atoms with Gasteiger partial charge in [-0.1, -0.05) is 30.3 Å². The van der Waals surface area contributed by atoms with Crippen molar-refractivity contribution in [1.29, 1.82) is 0 Å². The van der Waals surface area contributed by atoms with E-state index in [9.17, 15) is 18.4 Å². The van der Waals surface area contributed by atoms with Crippen molar-refractivity contribution < 1.29 is 23.1 Å². The van der Waals surface area contributed by atoms with Gasteiger partial charge in [-0.2, -0.15) is 0 Å². The molecule has 0 aliphatic carbocycles. The molecule has 0 spiro atoms. The fourth-order valence-corrected chi connectivity index (χ4v) is 5.51. The Labute approximate surface area is 245 Å². The lowest BCUT2D eigenvalue weighted by atomic mass is 9.89. The minimum Gasteiger partial charge on any atom is -0.379 e. The van der Waals surface area contributed by atoms with E-state index in [1.54, 1.807) is 12.1 Å². The fraction of sp³-hybridized carbons (Fsp3) is 0.375. The van der Waals surface area contributed by atoms with E-state index >= 15 is 0 Å². The van der Waals surface area contributed by atoms with Crippen LogP contribution in [0.15, 0.2) is 66.7 Å². The number of hydrogen-bond donors (Lipinski definition) is 3. The lowest BCUT2D eigenvalue weighted by Crippen LogP contribution is -2.41. The Kier molecular flexibility index (Phi) is 9.99. The summed E-state index contributed by atoms with van der Waals surface area (Å²) in [4.78, 5) is 30.6. The first-order chi connectivity index (χ1) is 20.4. The van der Waals surface area contributed by atoms with Crippen LogP contribution in [0.25, 0.3) is 0 Å². The van der Waals surface area contributed by atoms with Crippen LogP contribution in [0.3, 0.4) is 0 Å². The highest BCUT2D eigenvalue weighted by molar-refractivity contribution is 6.04. The van der Waals surface area contributed by atoms with Gasteiger partial charge in [0.1, 0.15) is 0 Å². The number of halogens is 2. The van der Waals surface area contributed by atoms with E-state index in [1.807, 2.05) is 12.1 Å². The molecule has 2 saturated heterocycles. The van der Waals surface area contributed by atoms with Crippen LogP contribution in [0.1, 0.15) is 28.8 Å². The quantitative estimate of drug-likeness (QED) is 0.328. The largest absolute Gasteiger partial charge is 0.379 e. The molecule has 2 fully saturated rings. The molecule has 3 aromatic rings. The summed E-state index contributed by atoms with van der Waals surface area (Å²) in [5.41, 5.74) is 3.17. The van der Waals surface area contributed by atoms with E-state index in [1.165, 1.54) is 11.6 Å². The number of nitrogens with zero attached hydrogens (tertiary/aromatic N) is 2. The number of anilines is 3. The van der Waals surface area contributed by atoms with Crippen molar-refractivity contribution in [3.05, 3.63) is 89.5 Å². The molecule has 3 aromatic carbocycles. The van der Waals surface area contributed by atoms with Gasteiger partial charge in [0.2, 0.25) is 0 Å². The average Bonchev–Trinajstić information content (AvgIpc) is 3.00. The van der Waals surface area contributed by atoms with Gasteiger partial charge in [0.25, 0.3) is 5.91 Å². The molecule has 0 atom stereocenters. The van der Waals surface area contributed by atoms with Gasteiger partial charge in [0, 0.05) is 62.4 Å². The molecule has 2 aliphatic rings. The van der Waals surface area contributed by atoms with E-state index in [0.29, 0.717) is 36.9 Å². The van der Waals surface area contributed by atoms with E-state index in [4.69, 9.17) is 4.74 Å². The number of benzene rings is 3. The zero-order chi connectivity index (χ0) is 29.3. The maximum absolute atomic E-state index is 13.6. The maximum atomic E-state index is 13.6. The zero-order valence-electron chi connectivity index (χ0n) is 23.6. The van der Waals surface area contributed by atoms with Crippen molar-refractivity contribution in [2.75, 3.05) is 68.0 Å². The predicted octanol–water partition coefficient (Wildman–Crippen LogP) is 5.13. The third kappa shape index (κ3) is 8.04. The second kappa shape index (κ2) is 14.2. The monoisotopic (exact) mass is 577 g/mol. The van der Waals surface area contributed by atoms with Crippen molar-refractivity contribution in [3.63, 3.8) is 0 Å². The van der Waals surface area contributed by atoms with Gasteiger partial charge in [-0.3, -0.25) is 9.69 Å². The van der Waals surface area contributed by atoms with Gasteiger partial charge in [-0.15, -0.1) is 0 Å². The third-order valence-electron chi connectivity index (χ3n) is 7.82. The molecule has 0 saturated carbocycles. The number of piperidine rings is 1. The summed E-state index contributed by atoms with van der Waals surface area (Å²) in [5.74, 6) is -1.68. The second-order valence-electron chi connectivity index (χ2n) is 10.8. The van der Waals surface area contributed by atoms with Crippen molar-refractivity contribution in [2.24, 2.45) is 5.92 Å². The zero-order valence-corrected chi connectivity index (χ0v) is 23.6. The van der Waals surface area contributed by atoms with E-state index < -0.39 is 17.7 Å². The molecule has 0 radical (unpaired) electrons. The van der Waals surface area contributed by atoms with Crippen LogP contribution >= 0.6 is 0 Å². The average molecular weight is 578 g/mol. The first kappa shape index (κ1) is 29.5. The van der Waals surface area contributed by atoms with Gasteiger partial charge in [0.15, 0.2) is 11.6 Å². The van der Waals surface area contributed by atoms with Gasteiger partial charge in [0.05, 0.1) is 18.8 Å². The number of rotatable bonds is 9. The summed E-state index contributed by atoms with van der Waals surface area (Å²) >= 11 is 0. The minimum atomic E-state index is -1.05. The number of carbonyl (C=O) groups is 2. The normalized spacial score (nSPS) is 16.2. The summed E-state index contributed by atoms with van der Waals surface area (Å²) in [7, 11) is 0. The summed E-state index contributed by atoms with van der Waals surface area (Å²) < 4.78 is 32.2. The number of hydrogen-bond acceptors (Lipinski definition) is 5. The number of urea groups is 1. The standard InChI is InChI=1S/C32H37F2N5O3/c33-28-8-6-26(22-29(28)34)37-32(41)36-25-7-9-30(27(21-25)31(40)35-12-15-38-16-18-42-19-17-38)39-13-10-24(11-14-39)20-23-4-2-1-3-5-23/h1-9,21-22,24H,10-20H2,(H,35,40)(H2,36,37,41). The SMILES string of the molecule is O=C(Nc1ccc(F)c(F)c1)Nc1ccc(N2CCC(Cc3ccccc3)CC2)c(C(=O)NCCN2CCOCC2)c1. The molecule has 8 nitrogen and oxygen atoms in total. The lowest BCUT2D eigenvalue weighted by Gasteiger charge is -2.35. The van der Waals surface area contributed by atoms with Gasteiger partial charge >= 0.3 is 6.03 Å². The first-order valence-electron chi connectivity index (χ1n) is 14.5. The van der Waals surface area contributed by atoms with Crippen molar-refractivity contribution in [1.82, 2.24) is 10.2 Å². The summed E-state index contributed by atoms with van der Waals surface area (Å²) in [6, 6.07) is 18.3. The number of morpholine rings is 1. The van der Waals surface area contributed by atoms with Gasteiger partial charge in [-0.05, 0) is 61.1 Å². The van der Waals surface area contributed by atoms with Crippen molar-refractivity contribution in [2.45, 2.75) is 19.3 Å². The van der Waals surface area contributed by atoms with Crippen LogP contribution in [0.2, 0.25) is 0 Å². The first-order valence-corrected chi connectivity index (χ1v) is 14.5. The van der Waals surface area contributed by atoms with Crippen LogP contribution in [0.5, 0.6) is 0 Å². The number of carbonyl (C=O) groups excluding carboxylic acids is 2. The molecule has 3 amide bonds. The Morgan fingerprint density at radius 3 is 2.24 bits per heavy atom. The molecule has 222 valence electrons. The summed E-state index contributed by atoms with van der Waals surface area (Å²) in [6.07, 6.45) is 3.08. The van der Waals surface area contributed by atoms with Crippen LogP contribution in [-0.2, 0) is 11.2 Å². The lowest BCUT2D eigenvalue weighted by molar-refractivity contribution is 0.0383. The molecule has 3 N–H and O–H groups in total. The van der Waals surface area contributed by atoms with Crippen LogP contribution < -0.4 is 20.9 Å². The molecule has 0 aromatic heterocycles. The summed E-state index contributed by atoms with van der Waals surface area (Å²) in [6.45, 7) is 5.94. The molecular formula is C32H37F2N5O3. The van der Waals surface area contributed by atoms with Gasteiger partial charge in [-0.25, -0.2) is 13.6 Å². The van der Waals surface area contributed by atoms with Crippen LogP contribution in [0.4, 0.5) is 30.6 Å². The highest BCUT2D eigenvalue weighted by atomic mass is 19.2. The van der Waals surface area contributed by atoms with E-state index in [0.717, 1.165) is 69.8 Å². The van der Waals surface area contributed by atoms with Crippen molar-refractivity contribution >= 4 is 29.0 Å². The Morgan fingerprint density at radius 2 is 1.52 bits per heavy atom. The highest BCUT2D eigenvalue weighted by Gasteiger charge is 2.24. The summed E-state index contributed by atoms with van der Waals surface area (Å²) in [5, 5.41) is 8.25. The molecule has 2 heterocycles. The van der Waals surface area contributed by atoms with E-state index in [2.05, 4.69) is 50.0 Å². The molecule has 2 aliphatic heterocycles. The Bertz CT molecular complexity index is 1360. The smallest absolute Gasteiger partial charge is 0.323 e. The Morgan fingerprint density at radius 1 is 0.833 bits per heavy atom. The minimum absolute atomic E-state index is 0.113. The van der Waals surface area contributed by atoms with Crippen molar-refractivity contribution in [3.8, 4) is 0 Å². The Balaban J connectivity index is 1.26. The van der Waals surface area contributed by atoms with Gasteiger partial charge < -0.3 is 25.6 Å². The number of amides is 3. The van der Waals surface area contributed by atoms with Crippen LogP contribution in [-0.4, -0.2) is 69.3 Å². The number of nitrogens with one attached hydrogen (secondary N) is 3. The topological polar surface area (TPSA) is 85.9 Å². The fourth-order valence-electron chi connectivity index (χ4n) is 5.51. The molecule has 0 unspecified atom stereocenters. The molecule has 10 heteroatoms. The molecular weight excluding hydrogens is 540 g/mol. The highest BCUT2D eigenvalue weighted by Crippen LogP contribution is 2.30. The Hall–Kier alpha value is -4.02. The second-order valence-corrected chi connectivity index (χ2v) is 10.8. The van der Waals surface area contributed by atoms with Crippen LogP contribution in [0, 0.1) is 17.6 Å².